The highest BCUT2D eigenvalue weighted by Gasteiger charge is 2.10. The van der Waals surface area contributed by atoms with Crippen LogP contribution in [0.2, 0.25) is 5.02 Å². The highest BCUT2D eigenvalue weighted by molar-refractivity contribution is 7.89. The Morgan fingerprint density at radius 1 is 1.58 bits per heavy atom. The van der Waals surface area contributed by atoms with Crippen molar-refractivity contribution >= 4 is 21.6 Å². The topological polar surface area (TPSA) is 73.1 Å². The maximum absolute atomic E-state index is 12.4. The number of hydrogen-bond donors (Lipinski definition) is 1. The van der Waals surface area contributed by atoms with Crippen LogP contribution < -0.4 is 5.14 Å². The molecule has 0 saturated carbocycles. The van der Waals surface area contributed by atoms with E-state index in [9.17, 15) is 12.8 Å². The summed E-state index contributed by atoms with van der Waals surface area (Å²) >= 11 is 5.26. The largest absolute Gasteiger partial charge is 0.239 e. The lowest BCUT2D eigenvalue weighted by molar-refractivity contribution is 0.577. The Balaban J connectivity index is 3.33. The Morgan fingerprint density at radius 3 is 2.58 bits per heavy atom. The lowest BCUT2D eigenvalue weighted by atomic mass is 10.5. The Kier molecular flexibility index (Phi) is 2.31. The third-order valence-corrected chi connectivity index (χ3v) is 2.25. The van der Waals surface area contributed by atoms with E-state index < -0.39 is 16.0 Å². The van der Waals surface area contributed by atoms with Gasteiger partial charge in [-0.15, -0.1) is 0 Å². The van der Waals surface area contributed by atoms with E-state index in [2.05, 4.69) is 4.98 Å². The van der Waals surface area contributed by atoms with Crippen molar-refractivity contribution in [1.82, 2.24) is 4.98 Å². The summed E-state index contributed by atoms with van der Waals surface area (Å²) in [7, 11) is -3.86. The van der Waals surface area contributed by atoms with Crippen LogP contribution in [0.4, 0.5) is 4.39 Å². The molecule has 1 heterocycles. The first-order chi connectivity index (χ1) is 5.41. The Hall–Kier alpha value is -0.720. The predicted octanol–water partition coefficient (Wildman–Crippen LogP) is 0.522. The van der Waals surface area contributed by atoms with E-state index in [-0.39, 0.29) is 9.92 Å². The number of aromatic nitrogens is 1. The molecule has 0 aliphatic rings. The van der Waals surface area contributed by atoms with Gasteiger partial charge in [0.1, 0.15) is 4.90 Å². The van der Waals surface area contributed by atoms with Gasteiger partial charge in [-0.2, -0.15) is 4.39 Å². The molecule has 0 fully saturated rings. The number of nitrogens with zero attached hydrogens (tertiary/aromatic N) is 1. The molecule has 7 heteroatoms. The fourth-order valence-corrected chi connectivity index (χ4v) is 1.27. The third-order valence-electron chi connectivity index (χ3n) is 1.10. The van der Waals surface area contributed by atoms with Crippen LogP contribution in [-0.2, 0) is 10.0 Å². The fourth-order valence-electron chi connectivity index (χ4n) is 0.559. The SMILES string of the molecule is NS(=O)(=O)c1cnc(F)c(Cl)c1. The molecule has 0 bridgehead atoms. The number of hydrogen-bond acceptors (Lipinski definition) is 3. The first kappa shape index (κ1) is 9.37. The van der Waals surface area contributed by atoms with E-state index in [4.69, 9.17) is 16.7 Å². The quantitative estimate of drug-likeness (QED) is 0.687. The monoisotopic (exact) mass is 210 g/mol. The van der Waals surface area contributed by atoms with Crippen LogP contribution in [0.5, 0.6) is 0 Å². The molecule has 1 aromatic rings. The Bertz CT molecular complexity index is 406. The lowest BCUT2D eigenvalue weighted by Gasteiger charge is -1.97. The lowest BCUT2D eigenvalue weighted by Crippen LogP contribution is -2.12. The summed E-state index contributed by atoms with van der Waals surface area (Å²) in [6.07, 6.45) is 0.802. The first-order valence-electron chi connectivity index (χ1n) is 2.75. The van der Waals surface area contributed by atoms with Crippen LogP contribution in [0, 0.1) is 5.95 Å². The molecule has 0 aliphatic heterocycles. The van der Waals surface area contributed by atoms with Gasteiger partial charge in [0.25, 0.3) is 0 Å². The second-order valence-corrected chi connectivity index (χ2v) is 3.96. The van der Waals surface area contributed by atoms with Gasteiger partial charge in [-0.1, -0.05) is 11.6 Å². The Morgan fingerprint density at radius 2 is 2.17 bits per heavy atom. The first-order valence-corrected chi connectivity index (χ1v) is 4.67. The van der Waals surface area contributed by atoms with Crippen molar-refractivity contribution in [3.63, 3.8) is 0 Å². The molecule has 0 amide bonds. The number of halogens is 2. The smallest absolute Gasteiger partial charge is 0.226 e. The van der Waals surface area contributed by atoms with Crippen LogP contribution in [0.25, 0.3) is 0 Å². The minimum atomic E-state index is -3.86. The number of primary sulfonamides is 1. The van der Waals surface area contributed by atoms with E-state index in [0.29, 0.717) is 0 Å². The average Bonchev–Trinajstić information content (AvgIpc) is 1.92. The van der Waals surface area contributed by atoms with Gasteiger partial charge in [0.15, 0.2) is 0 Å². The van der Waals surface area contributed by atoms with E-state index >= 15 is 0 Å². The molecule has 0 aliphatic carbocycles. The zero-order valence-electron chi connectivity index (χ0n) is 5.66. The molecule has 1 aromatic heterocycles. The molecule has 1 rings (SSSR count). The van der Waals surface area contributed by atoms with Gasteiger partial charge >= 0.3 is 0 Å². The molecule has 0 aromatic carbocycles. The zero-order valence-corrected chi connectivity index (χ0v) is 7.23. The predicted molar refractivity (Wildman–Crippen MR) is 40.6 cm³/mol. The summed E-state index contributed by atoms with van der Waals surface area (Å²) in [5.74, 6) is -0.927. The second-order valence-electron chi connectivity index (χ2n) is 1.99. The van der Waals surface area contributed by atoms with Crippen LogP contribution in [0.1, 0.15) is 0 Å². The van der Waals surface area contributed by atoms with E-state index in [1.165, 1.54) is 0 Å². The highest BCUT2D eigenvalue weighted by Crippen LogP contribution is 2.15. The van der Waals surface area contributed by atoms with Gasteiger partial charge in [-0.3, -0.25) is 0 Å². The van der Waals surface area contributed by atoms with Crippen LogP contribution in [0.3, 0.4) is 0 Å². The van der Waals surface area contributed by atoms with Crippen molar-refractivity contribution in [2.75, 3.05) is 0 Å². The molecule has 66 valence electrons. The van der Waals surface area contributed by atoms with E-state index in [1.807, 2.05) is 0 Å². The summed E-state index contributed by atoms with van der Waals surface area (Å²) in [4.78, 5) is 2.78. The molecular formula is C5H4ClFN2O2S. The number of sulfonamides is 1. The third kappa shape index (κ3) is 1.90. The van der Waals surface area contributed by atoms with Gasteiger partial charge in [-0.05, 0) is 6.07 Å². The molecule has 2 N–H and O–H groups in total. The molecule has 0 spiro atoms. The van der Waals surface area contributed by atoms with Crippen molar-refractivity contribution in [1.29, 1.82) is 0 Å². The molecule has 12 heavy (non-hydrogen) atoms. The highest BCUT2D eigenvalue weighted by atomic mass is 35.5. The van der Waals surface area contributed by atoms with E-state index in [1.54, 1.807) is 0 Å². The number of pyridine rings is 1. The minimum absolute atomic E-state index is 0.311. The summed E-state index contributed by atoms with van der Waals surface area (Å²) < 4.78 is 33.7. The second kappa shape index (κ2) is 2.96. The van der Waals surface area contributed by atoms with Gasteiger partial charge in [0, 0.05) is 0 Å². The summed E-state index contributed by atoms with van der Waals surface area (Å²) in [5.41, 5.74) is 0. The standard InChI is InChI=1S/C5H4ClFN2O2S/c6-4-1-3(12(8,10)11)2-9-5(4)7/h1-2H,(H2,8,10,11). The molecular weight excluding hydrogens is 207 g/mol. The number of rotatable bonds is 1. The summed E-state index contributed by atoms with van der Waals surface area (Å²) in [6.45, 7) is 0. The molecule has 0 atom stereocenters. The molecule has 0 unspecified atom stereocenters. The van der Waals surface area contributed by atoms with Gasteiger partial charge in [0.2, 0.25) is 16.0 Å². The molecule has 0 radical (unpaired) electrons. The molecule has 4 nitrogen and oxygen atoms in total. The van der Waals surface area contributed by atoms with Gasteiger partial charge in [0.05, 0.1) is 11.2 Å². The zero-order chi connectivity index (χ0) is 9.35. The van der Waals surface area contributed by atoms with Crippen LogP contribution in [0.15, 0.2) is 17.2 Å². The van der Waals surface area contributed by atoms with Crippen molar-refractivity contribution in [2.24, 2.45) is 5.14 Å². The average molecular weight is 211 g/mol. The van der Waals surface area contributed by atoms with Gasteiger partial charge < -0.3 is 0 Å². The van der Waals surface area contributed by atoms with Crippen molar-refractivity contribution in [3.05, 3.63) is 23.2 Å². The van der Waals surface area contributed by atoms with Crippen LogP contribution >= 0.6 is 11.6 Å². The Labute approximate surface area is 73.2 Å². The van der Waals surface area contributed by atoms with Crippen molar-refractivity contribution < 1.29 is 12.8 Å². The fraction of sp³-hybridized carbons (Fsp3) is 0. The van der Waals surface area contributed by atoms with Crippen molar-refractivity contribution in [3.8, 4) is 0 Å². The maximum atomic E-state index is 12.4. The van der Waals surface area contributed by atoms with Crippen LogP contribution in [-0.4, -0.2) is 13.4 Å². The number of nitrogens with two attached hydrogens (primary N) is 1. The van der Waals surface area contributed by atoms with Crippen molar-refractivity contribution in [2.45, 2.75) is 4.90 Å². The maximum Gasteiger partial charge on any atom is 0.239 e. The summed E-state index contributed by atoms with van der Waals surface area (Å²) in [6, 6.07) is 0.902. The molecule has 0 saturated heterocycles. The summed E-state index contributed by atoms with van der Waals surface area (Å²) in [5, 5.41) is 4.35. The minimum Gasteiger partial charge on any atom is -0.226 e. The van der Waals surface area contributed by atoms with Gasteiger partial charge in [-0.25, -0.2) is 18.5 Å². The normalized spacial score (nSPS) is 11.6. The van der Waals surface area contributed by atoms with E-state index in [0.717, 1.165) is 12.3 Å².